The van der Waals surface area contributed by atoms with Crippen LogP contribution in [-0.2, 0) is 10.3 Å². The van der Waals surface area contributed by atoms with E-state index in [2.05, 4.69) is 17.2 Å². The molecule has 0 saturated heterocycles. The smallest absolute Gasteiger partial charge is 0.244 e. The molecule has 2 aromatic carbocycles. The number of Topliss-reactive ketones (excluding diaryl/α,β-unsaturated/α-hetero) is 1. The van der Waals surface area contributed by atoms with Gasteiger partial charge in [0.15, 0.2) is 5.78 Å². The van der Waals surface area contributed by atoms with Gasteiger partial charge in [0.1, 0.15) is 6.04 Å². The first kappa shape index (κ1) is 26.0. The number of carbonyl (C=O) groups is 2. The van der Waals surface area contributed by atoms with Gasteiger partial charge in [-0.1, -0.05) is 60.1 Å². The highest BCUT2D eigenvalue weighted by Crippen LogP contribution is 2.25. The van der Waals surface area contributed by atoms with Crippen molar-refractivity contribution in [3.63, 3.8) is 0 Å². The van der Waals surface area contributed by atoms with Crippen molar-refractivity contribution in [1.82, 2.24) is 10.6 Å². The van der Waals surface area contributed by atoms with Crippen LogP contribution in [0.5, 0.6) is 0 Å². The molecule has 2 aromatic rings. The summed E-state index contributed by atoms with van der Waals surface area (Å²) in [5.74, 6) is -0.350. The van der Waals surface area contributed by atoms with Crippen molar-refractivity contribution >= 4 is 46.7 Å². The van der Waals surface area contributed by atoms with E-state index in [1.54, 1.807) is 43.3 Å². The number of benzene rings is 2. The van der Waals surface area contributed by atoms with Gasteiger partial charge in [0, 0.05) is 15.6 Å². The van der Waals surface area contributed by atoms with Crippen LogP contribution in [-0.4, -0.2) is 29.2 Å². The molecule has 32 heavy (non-hydrogen) atoms. The number of hydrogen-bond acceptors (Lipinski definition) is 4. The van der Waals surface area contributed by atoms with Crippen molar-refractivity contribution < 1.29 is 9.59 Å². The third kappa shape index (κ3) is 6.89. The molecule has 170 valence electrons. The van der Waals surface area contributed by atoms with Crippen LogP contribution in [0.25, 0.3) is 0 Å². The quantitative estimate of drug-likeness (QED) is 0.316. The topological polar surface area (TPSA) is 58.2 Å². The molecule has 2 unspecified atom stereocenters. The molecule has 0 aromatic heterocycles. The average Bonchev–Trinajstić information content (AvgIpc) is 2.75. The van der Waals surface area contributed by atoms with Crippen molar-refractivity contribution in [3.05, 3.63) is 94.1 Å². The molecule has 0 radical (unpaired) electrons. The molecular formula is C25H28Cl2N2O2S. The normalized spacial score (nSPS) is 13.8. The first-order chi connectivity index (χ1) is 15.1. The van der Waals surface area contributed by atoms with E-state index in [1.807, 2.05) is 38.3 Å². The van der Waals surface area contributed by atoms with Crippen LogP contribution in [0.3, 0.4) is 0 Å². The Balaban J connectivity index is 2.27. The zero-order valence-electron chi connectivity index (χ0n) is 18.6. The summed E-state index contributed by atoms with van der Waals surface area (Å²) in [6.07, 6.45) is 5.19. The van der Waals surface area contributed by atoms with Crippen molar-refractivity contribution in [1.29, 1.82) is 0 Å². The molecule has 2 atom stereocenters. The molecule has 0 bridgehead atoms. The minimum absolute atomic E-state index is 0.136. The fourth-order valence-corrected chi connectivity index (χ4v) is 4.46. The SMILES string of the molecule is C=CNC(C(=O)NC(C)(C)c1cccc(Cl)c1)C(/C=C(/C)C(=O)c1cccc(Cl)c1)SC. The Morgan fingerprint density at radius 2 is 1.72 bits per heavy atom. The molecule has 0 saturated carbocycles. The van der Waals surface area contributed by atoms with Crippen molar-refractivity contribution in [3.8, 4) is 0 Å². The Labute approximate surface area is 204 Å². The summed E-state index contributed by atoms with van der Waals surface area (Å²) in [5.41, 5.74) is 1.27. The summed E-state index contributed by atoms with van der Waals surface area (Å²) >= 11 is 13.6. The number of hydrogen-bond donors (Lipinski definition) is 2. The van der Waals surface area contributed by atoms with Crippen LogP contribution >= 0.6 is 35.0 Å². The lowest BCUT2D eigenvalue weighted by Gasteiger charge is -2.31. The number of halogens is 2. The Morgan fingerprint density at radius 1 is 1.09 bits per heavy atom. The second-order valence-electron chi connectivity index (χ2n) is 7.86. The fourth-order valence-electron chi connectivity index (χ4n) is 3.26. The van der Waals surface area contributed by atoms with E-state index in [0.717, 1.165) is 5.56 Å². The number of carbonyl (C=O) groups excluding carboxylic acids is 2. The first-order valence-corrected chi connectivity index (χ1v) is 12.1. The maximum atomic E-state index is 13.3. The molecule has 1 amide bonds. The molecule has 4 nitrogen and oxygen atoms in total. The number of rotatable bonds is 10. The fraction of sp³-hybridized carbons (Fsp3) is 0.280. The third-order valence-corrected chi connectivity index (χ3v) is 6.44. The van der Waals surface area contributed by atoms with Gasteiger partial charge in [0.25, 0.3) is 0 Å². The van der Waals surface area contributed by atoms with Crippen LogP contribution in [0, 0.1) is 0 Å². The zero-order valence-corrected chi connectivity index (χ0v) is 20.9. The van der Waals surface area contributed by atoms with Gasteiger partial charge in [-0.15, -0.1) is 0 Å². The summed E-state index contributed by atoms with van der Waals surface area (Å²) in [6.45, 7) is 9.29. The summed E-state index contributed by atoms with van der Waals surface area (Å²) in [5, 5.41) is 6.92. The van der Waals surface area contributed by atoms with Gasteiger partial charge in [-0.2, -0.15) is 11.8 Å². The number of nitrogens with one attached hydrogen (secondary N) is 2. The second kappa shape index (κ2) is 11.6. The lowest BCUT2D eigenvalue weighted by Crippen LogP contribution is -2.53. The van der Waals surface area contributed by atoms with E-state index in [-0.39, 0.29) is 16.9 Å². The van der Waals surface area contributed by atoms with Crippen LogP contribution < -0.4 is 10.6 Å². The van der Waals surface area contributed by atoms with Crippen LogP contribution in [0.15, 0.2) is 73.0 Å². The molecule has 0 fully saturated rings. The molecule has 2 rings (SSSR count). The zero-order chi connectivity index (χ0) is 23.9. The molecule has 0 heterocycles. The van der Waals surface area contributed by atoms with Gasteiger partial charge >= 0.3 is 0 Å². The van der Waals surface area contributed by atoms with E-state index in [0.29, 0.717) is 21.2 Å². The minimum Gasteiger partial charge on any atom is -0.379 e. The van der Waals surface area contributed by atoms with Crippen LogP contribution in [0.4, 0.5) is 0 Å². The Kier molecular flexibility index (Phi) is 9.44. The summed E-state index contributed by atoms with van der Waals surface area (Å²) in [7, 11) is 0. The molecule has 0 spiro atoms. The van der Waals surface area contributed by atoms with E-state index >= 15 is 0 Å². The van der Waals surface area contributed by atoms with Gasteiger partial charge in [-0.3, -0.25) is 9.59 Å². The lowest BCUT2D eigenvalue weighted by atomic mass is 9.93. The average molecular weight is 491 g/mol. The van der Waals surface area contributed by atoms with Gasteiger partial charge in [0.05, 0.1) is 10.8 Å². The Hall–Kier alpha value is -2.21. The highest BCUT2D eigenvalue weighted by atomic mass is 35.5. The highest BCUT2D eigenvalue weighted by Gasteiger charge is 2.31. The first-order valence-electron chi connectivity index (χ1n) is 10.1. The van der Waals surface area contributed by atoms with Gasteiger partial charge < -0.3 is 10.6 Å². The van der Waals surface area contributed by atoms with Crippen LogP contribution in [0.2, 0.25) is 10.0 Å². The monoisotopic (exact) mass is 490 g/mol. The van der Waals surface area contributed by atoms with E-state index in [9.17, 15) is 9.59 Å². The highest BCUT2D eigenvalue weighted by molar-refractivity contribution is 7.99. The van der Waals surface area contributed by atoms with Crippen molar-refractivity contribution in [2.75, 3.05) is 6.26 Å². The van der Waals surface area contributed by atoms with Crippen molar-refractivity contribution in [2.24, 2.45) is 0 Å². The predicted molar refractivity (Wildman–Crippen MR) is 137 cm³/mol. The largest absolute Gasteiger partial charge is 0.379 e. The van der Waals surface area contributed by atoms with Gasteiger partial charge in [-0.05, 0) is 68.6 Å². The van der Waals surface area contributed by atoms with Crippen LogP contribution in [0.1, 0.15) is 36.7 Å². The molecule has 2 N–H and O–H groups in total. The third-order valence-electron chi connectivity index (χ3n) is 5.02. The van der Waals surface area contributed by atoms with Gasteiger partial charge in [0.2, 0.25) is 5.91 Å². The molecule has 7 heteroatoms. The van der Waals surface area contributed by atoms with Gasteiger partial charge in [-0.25, -0.2) is 0 Å². The molecule has 0 aliphatic heterocycles. The number of allylic oxidation sites excluding steroid dienone is 1. The lowest BCUT2D eigenvalue weighted by molar-refractivity contribution is -0.124. The van der Waals surface area contributed by atoms with E-state index < -0.39 is 11.6 Å². The van der Waals surface area contributed by atoms with Crippen molar-refractivity contribution in [2.45, 2.75) is 37.6 Å². The Bertz CT molecular complexity index is 1020. The van der Waals surface area contributed by atoms with E-state index in [4.69, 9.17) is 23.2 Å². The summed E-state index contributed by atoms with van der Waals surface area (Å²) < 4.78 is 0. The maximum absolute atomic E-state index is 13.3. The second-order valence-corrected chi connectivity index (χ2v) is 9.75. The standard InChI is InChI=1S/C25H28Cl2N2O2S/c1-6-28-22(24(31)29-25(3,4)18-10-8-12-20(27)15-18)21(32-5)13-16(2)23(30)17-9-7-11-19(26)14-17/h6-15,21-22,28H,1H2,2-5H3,(H,29,31)/b16-13-. The maximum Gasteiger partial charge on any atom is 0.244 e. The summed E-state index contributed by atoms with van der Waals surface area (Å²) in [4.78, 5) is 26.1. The predicted octanol–water partition coefficient (Wildman–Crippen LogP) is 6.01. The Morgan fingerprint density at radius 3 is 2.28 bits per heavy atom. The molecule has 0 aliphatic rings. The molecule has 0 aliphatic carbocycles. The number of amides is 1. The number of thioether (sulfide) groups is 1. The minimum atomic E-state index is -0.651. The molecular weight excluding hydrogens is 463 g/mol. The van der Waals surface area contributed by atoms with E-state index in [1.165, 1.54) is 18.0 Å². The number of ketones is 1. The summed E-state index contributed by atoms with van der Waals surface area (Å²) in [6, 6.07) is 13.6.